The molecule has 0 fully saturated rings. The third kappa shape index (κ3) is 4.24. The summed E-state index contributed by atoms with van der Waals surface area (Å²) in [6, 6.07) is 60.8. The number of rotatable bonds is 4. The molecule has 0 atom stereocenters. The highest BCUT2D eigenvalue weighted by Crippen LogP contribution is 2.55. The number of benzene rings is 7. The standard InChI is InChI=1S/C49H34N4/c1-49(2)39-24-14-12-22-36(39)47-44(49)43-42(52(47)34-20-10-5-11-21-34)29-27-35-38-30-33(31-16-6-3-7-17-31)26-28-41(38)53(46(35)43)48-50-40-25-15-13-23-37(40)45(51-48)32-18-8-4-9-19-32/h3-30H,1-2H3. The number of fused-ring (bicyclic) bond motifs is 10. The van der Waals surface area contributed by atoms with Crippen molar-refractivity contribution in [2.45, 2.75) is 19.3 Å². The minimum Gasteiger partial charge on any atom is -0.309 e. The molecule has 250 valence electrons. The van der Waals surface area contributed by atoms with Crippen molar-refractivity contribution in [3.8, 4) is 45.3 Å². The molecule has 0 saturated heterocycles. The van der Waals surface area contributed by atoms with Crippen molar-refractivity contribution >= 4 is 43.6 Å². The van der Waals surface area contributed by atoms with E-state index in [0.717, 1.165) is 38.9 Å². The molecular formula is C49H34N4. The highest BCUT2D eigenvalue weighted by atomic mass is 15.2. The molecule has 53 heavy (non-hydrogen) atoms. The molecule has 1 aliphatic carbocycles. The van der Waals surface area contributed by atoms with Crippen LogP contribution in [-0.4, -0.2) is 19.1 Å². The summed E-state index contributed by atoms with van der Waals surface area (Å²) in [5.74, 6) is 0.664. The lowest BCUT2D eigenvalue weighted by molar-refractivity contribution is 0.666. The first kappa shape index (κ1) is 29.9. The molecule has 0 bridgehead atoms. The third-order valence-corrected chi connectivity index (χ3v) is 11.3. The Morgan fingerprint density at radius 2 is 1.15 bits per heavy atom. The van der Waals surface area contributed by atoms with Gasteiger partial charge in [-0.25, -0.2) is 9.97 Å². The summed E-state index contributed by atoms with van der Waals surface area (Å²) >= 11 is 0. The first-order valence-electron chi connectivity index (χ1n) is 18.3. The molecule has 3 aromatic heterocycles. The molecule has 11 rings (SSSR count). The minimum absolute atomic E-state index is 0.256. The van der Waals surface area contributed by atoms with Gasteiger partial charge in [-0.2, -0.15) is 0 Å². The van der Waals surface area contributed by atoms with Gasteiger partial charge in [0, 0.05) is 43.8 Å². The third-order valence-electron chi connectivity index (χ3n) is 11.3. The maximum absolute atomic E-state index is 5.48. The Morgan fingerprint density at radius 1 is 0.491 bits per heavy atom. The second-order valence-electron chi connectivity index (χ2n) is 14.6. The molecule has 4 nitrogen and oxygen atoms in total. The molecule has 0 spiro atoms. The zero-order chi connectivity index (χ0) is 35.3. The fourth-order valence-electron chi connectivity index (χ4n) is 8.96. The van der Waals surface area contributed by atoms with Crippen LogP contribution in [0.3, 0.4) is 0 Å². The van der Waals surface area contributed by atoms with Gasteiger partial charge in [0.05, 0.1) is 33.5 Å². The molecule has 4 heteroatoms. The topological polar surface area (TPSA) is 35.6 Å². The van der Waals surface area contributed by atoms with Gasteiger partial charge >= 0.3 is 0 Å². The van der Waals surface area contributed by atoms with Crippen molar-refractivity contribution < 1.29 is 0 Å². The van der Waals surface area contributed by atoms with Crippen LogP contribution >= 0.6 is 0 Å². The predicted molar refractivity (Wildman–Crippen MR) is 219 cm³/mol. The van der Waals surface area contributed by atoms with Gasteiger partial charge in [0.2, 0.25) is 5.95 Å². The Kier molecular flexibility index (Phi) is 6.27. The van der Waals surface area contributed by atoms with E-state index < -0.39 is 0 Å². The maximum Gasteiger partial charge on any atom is 0.235 e. The number of para-hydroxylation sites is 2. The van der Waals surface area contributed by atoms with E-state index in [2.05, 4.69) is 193 Å². The van der Waals surface area contributed by atoms with Gasteiger partial charge in [-0.05, 0) is 58.7 Å². The zero-order valence-electron chi connectivity index (χ0n) is 29.5. The van der Waals surface area contributed by atoms with E-state index in [0.29, 0.717) is 5.95 Å². The fraction of sp³-hybridized carbons (Fsp3) is 0.0612. The van der Waals surface area contributed by atoms with Crippen LogP contribution < -0.4 is 0 Å². The Labute approximate surface area is 307 Å². The van der Waals surface area contributed by atoms with Crippen molar-refractivity contribution in [2.75, 3.05) is 0 Å². The van der Waals surface area contributed by atoms with Gasteiger partial charge in [0.1, 0.15) is 0 Å². The quantitative estimate of drug-likeness (QED) is 0.186. The monoisotopic (exact) mass is 678 g/mol. The van der Waals surface area contributed by atoms with Gasteiger partial charge in [-0.15, -0.1) is 0 Å². The summed E-state index contributed by atoms with van der Waals surface area (Å²) in [5.41, 5.74) is 14.8. The van der Waals surface area contributed by atoms with Crippen molar-refractivity contribution in [3.63, 3.8) is 0 Å². The van der Waals surface area contributed by atoms with Crippen LogP contribution in [0.1, 0.15) is 25.0 Å². The molecule has 0 unspecified atom stereocenters. The SMILES string of the molecule is CC1(C)c2ccccc2-c2c1c1c(ccc3c4cc(-c5ccccc5)ccc4n(-c4nc(-c5ccccc5)c5ccccc5n4)c31)n2-c1ccccc1. The largest absolute Gasteiger partial charge is 0.309 e. The average Bonchev–Trinajstić information content (AvgIpc) is 3.82. The number of hydrogen-bond acceptors (Lipinski definition) is 2. The summed E-state index contributed by atoms with van der Waals surface area (Å²) in [6.07, 6.45) is 0. The number of hydrogen-bond donors (Lipinski definition) is 0. The van der Waals surface area contributed by atoms with Crippen LogP contribution in [-0.2, 0) is 5.41 Å². The van der Waals surface area contributed by atoms with E-state index in [-0.39, 0.29) is 5.41 Å². The van der Waals surface area contributed by atoms with Crippen LogP contribution in [0.2, 0.25) is 0 Å². The summed E-state index contributed by atoms with van der Waals surface area (Å²) in [6.45, 7) is 4.76. The second-order valence-corrected chi connectivity index (χ2v) is 14.6. The molecule has 1 aliphatic rings. The van der Waals surface area contributed by atoms with Gasteiger partial charge in [0.25, 0.3) is 0 Å². The molecule has 0 N–H and O–H groups in total. The van der Waals surface area contributed by atoms with Crippen LogP contribution in [0.5, 0.6) is 0 Å². The lowest BCUT2D eigenvalue weighted by atomic mass is 9.81. The molecule has 0 aliphatic heterocycles. The zero-order valence-corrected chi connectivity index (χ0v) is 29.5. The van der Waals surface area contributed by atoms with Crippen LogP contribution in [0.25, 0.3) is 88.9 Å². The Hall–Kier alpha value is -6.78. The maximum atomic E-state index is 5.48. The molecular weight excluding hydrogens is 645 g/mol. The molecule has 10 aromatic rings. The highest BCUT2D eigenvalue weighted by Gasteiger charge is 2.41. The van der Waals surface area contributed by atoms with E-state index >= 15 is 0 Å². The van der Waals surface area contributed by atoms with Crippen molar-refractivity contribution in [1.82, 2.24) is 19.1 Å². The Morgan fingerprint density at radius 3 is 1.94 bits per heavy atom. The molecule has 0 radical (unpaired) electrons. The van der Waals surface area contributed by atoms with Crippen LogP contribution in [0.4, 0.5) is 0 Å². The van der Waals surface area contributed by atoms with Crippen LogP contribution in [0.15, 0.2) is 170 Å². The fourth-order valence-corrected chi connectivity index (χ4v) is 8.96. The van der Waals surface area contributed by atoms with Crippen molar-refractivity contribution in [3.05, 3.63) is 181 Å². The van der Waals surface area contributed by atoms with Gasteiger partial charge < -0.3 is 4.57 Å². The van der Waals surface area contributed by atoms with Gasteiger partial charge in [-0.1, -0.05) is 147 Å². The van der Waals surface area contributed by atoms with E-state index in [1.54, 1.807) is 0 Å². The smallest absolute Gasteiger partial charge is 0.235 e. The summed E-state index contributed by atoms with van der Waals surface area (Å²) in [4.78, 5) is 10.9. The molecule has 7 aromatic carbocycles. The Balaban J connectivity index is 1.35. The van der Waals surface area contributed by atoms with E-state index in [1.165, 1.54) is 55.2 Å². The average molecular weight is 679 g/mol. The molecule has 0 saturated carbocycles. The normalized spacial score (nSPS) is 13.2. The van der Waals surface area contributed by atoms with Crippen LogP contribution in [0, 0.1) is 0 Å². The molecule has 0 amide bonds. The summed E-state index contributed by atoms with van der Waals surface area (Å²) < 4.78 is 4.82. The van der Waals surface area contributed by atoms with E-state index in [9.17, 15) is 0 Å². The van der Waals surface area contributed by atoms with Gasteiger partial charge in [-0.3, -0.25) is 4.57 Å². The minimum atomic E-state index is -0.256. The lowest BCUT2D eigenvalue weighted by Crippen LogP contribution is -2.15. The first-order valence-corrected chi connectivity index (χ1v) is 18.3. The van der Waals surface area contributed by atoms with Crippen molar-refractivity contribution in [2.24, 2.45) is 0 Å². The van der Waals surface area contributed by atoms with Gasteiger partial charge in [0.15, 0.2) is 0 Å². The number of aromatic nitrogens is 4. The summed E-state index contributed by atoms with van der Waals surface area (Å²) in [5, 5.41) is 4.63. The Bertz CT molecular complexity index is 3060. The number of nitrogens with zero attached hydrogens (tertiary/aromatic N) is 4. The molecule has 3 heterocycles. The summed E-state index contributed by atoms with van der Waals surface area (Å²) in [7, 11) is 0. The first-order chi connectivity index (χ1) is 26.1. The van der Waals surface area contributed by atoms with E-state index in [1.807, 2.05) is 0 Å². The second kappa shape index (κ2) is 11.1. The predicted octanol–water partition coefficient (Wildman–Crippen LogP) is 12.3. The van der Waals surface area contributed by atoms with E-state index in [4.69, 9.17) is 9.97 Å². The highest BCUT2D eigenvalue weighted by molar-refractivity contribution is 6.22. The van der Waals surface area contributed by atoms with Crippen molar-refractivity contribution in [1.29, 1.82) is 0 Å². The lowest BCUT2D eigenvalue weighted by Gasteiger charge is -2.22.